The predicted molar refractivity (Wildman–Crippen MR) is 85.1 cm³/mol. The highest BCUT2D eigenvalue weighted by Gasteiger charge is 2.09. The molecule has 1 heterocycles. The van der Waals surface area contributed by atoms with E-state index in [4.69, 9.17) is 4.74 Å². The molecule has 0 saturated heterocycles. The fraction of sp³-hybridized carbons (Fsp3) is 0.375. The van der Waals surface area contributed by atoms with Crippen molar-refractivity contribution in [2.24, 2.45) is 14.1 Å². The van der Waals surface area contributed by atoms with Crippen LogP contribution in [0.25, 0.3) is 0 Å². The van der Waals surface area contributed by atoms with Crippen molar-refractivity contribution in [3.05, 3.63) is 62.4 Å². The zero-order valence-corrected chi connectivity index (χ0v) is 13.4. The second-order valence-electron chi connectivity index (χ2n) is 5.40. The summed E-state index contributed by atoms with van der Waals surface area (Å²) in [5.41, 5.74) is 1.21. The molecule has 0 amide bonds. The smallest absolute Gasteiger partial charge is 0.330 e. The molecular formula is C16H21N3O3. The maximum atomic E-state index is 11.9. The number of nitrogens with zero attached hydrogens (tertiary/aromatic N) is 3. The van der Waals surface area contributed by atoms with E-state index in [2.05, 4.69) is 0 Å². The average Bonchev–Trinajstić information content (AvgIpc) is 2.50. The summed E-state index contributed by atoms with van der Waals surface area (Å²) in [6.07, 6.45) is 0. The third-order valence-corrected chi connectivity index (χ3v) is 3.64. The summed E-state index contributed by atoms with van der Waals surface area (Å²) in [4.78, 5) is 25.7. The van der Waals surface area contributed by atoms with E-state index in [1.807, 2.05) is 36.2 Å². The van der Waals surface area contributed by atoms with Gasteiger partial charge < -0.3 is 4.74 Å². The van der Waals surface area contributed by atoms with Crippen molar-refractivity contribution in [3.63, 3.8) is 0 Å². The lowest BCUT2D eigenvalue weighted by Gasteiger charge is -2.19. The molecule has 0 unspecified atom stereocenters. The Morgan fingerprint density at radius 1 is 1.09 bits per heavy atom. The lowest BCUT2D eigenvalue weighted by Crippen LogP contribution is -2.39. The molecule has 0 aliphatic heterocycles. The molecule has 118 valence electrons. The van der Waals surface area contributed by atoms with Crippen molar-refractivity contribution in [1.82, 2.24) is 14.0 Å². The van der Waals surface area contributed by atoms with Gasteiger partial charge in [-0.25, -0.2) is 4.79 Å². The monoisotopic (exact) mass is 303 g/mol. The first-order valence-corrected chi connectivity index (χ1v) is 6.99. The van der Waals surface area contributed by atoms with E-state index in [0.717, 1.165) is 15.9 Å². The van der Waals surface area contributed by atoms with E-state index in [1.165, 1.54) is 17.7 Å². The van der Waals surface area contributed by atoms with Gasteiger partial charge in [0.15, 0.2) is 0 Å². The maximum absolute atomic E-state index is 11.9. The van der Waals surface area contributed by atoms with Gasteiger partial charge in [-0.1, -0.05) is 12.1 Å². The SMILES string of the molecule is COc1cccc(CN(C)Cc2cc(=O)n(C)c(=O)n2C)c1. The van der Waals surface area contributed by atoms with E-state index in [9.17, 15) is 9.59 Å². The first-order valence-electron chi connectivity index (χ1n) is 6.99. The summed E-state index contributed by atoms with van der Waals surface area (Å²) >= 11 is 0. The number of hydrogen-bond donors (Lipinski definition) is 0. The molecule has 0 aliphatic carbocycles. The van der Waals surface area contributed by atoms with E-state index < -0.39 is 0 Å². The minimum absolute atomic E-state index is 0.284. The molecule has 0 N–H and O–H groups in total. The number of aromatic nitrogens is 2. The topological polar surface area (TPSA) is 56.5 Å². The van der Waals surface area contributed by atoms with Crippen LogP contribution in [-0.2, 0) is 27.2 Å². The number of benzene rings is 1. The molecule has 1 aromatic carbocycles. The Morgan fingerprint density at radius 3 is 2.50 bits per heavy atom. The quantitative estimate of drug-likeness (QED) is 0.817. The van der Waals surface area contributed by atoms with Crippen molar-refractivity contribution in [2.75, 3.05) is 14.2 Å². The molecule has 0 aliphatic rings. The molecule has 2 rings (SSSR count). The second kappa shape index (κ2) is 6.62. The van der Waals surface area contributed by atoms with Crippen molar-refractivity contribution in [2.45, 2.75) is 13.1 Å². The van der Waals surface area contributed by atoms with Gasteiger partial charge in [-0.3, -0.25) is 18.8 Å². The summed E-state index contributed by atoms with van der Waals surface area (Å²) < 4.78 is 7.82. The van der Waals surface area contributed by atoms with Gasteiger partial charge >= 0.3 is 5.69 Å². The number of hydrogen-bond acceptors (Lipinski definition) is 4. The Bertz CT molecular complexity index is 777. The molecule has 0 bridgehead atoms. The van der Waals surface area contributed by atoms with E-state index >= 15 is 0 Å². The number of methoxy groups -OCH3 is 1. The number of ether oxygens (including phenoxy) is 1. The lowest BCUT2D eigenvalue weighted by molar-refractivity contribution is 0.307. The Labute approximate surface area is 129 Å². The zero-order chi connectivity index (χ0) is 16.3. The van der Waals surface area contributed by atoms with Gasteiger partial charge in [0.25, 0.3) is 5.56 Å². The molecule has 0 spiro atoms. The van der Waals surface area contributed by atoms with E-state index in [1.54, 1.807) is 14.2 Å². The van der Waals surface area contributed by atoms with Gasteiger partial charge in [0.2, 0.25) is 0 Å². The van der Waals surface area contributed by atoms with Crippen LogP contribution in [0.2, 0.25) is 0 Å². The Hall–Kier alpha value is -2.34. The van der Waals surface area contributed by atoms with Crippen LogP contribution in [0.3, 0.4) is 0 Å². The lowest BCUT2D eigenvalue weighted by atomic mass is 10.2. The Morgan fingerprint density at radius 2 is 1.82 bits per heavy atom. The first kappa shape index (κ1) is 16.0. The molecule has 0 radical (unpaired) electrons. The third kappa shape index (κ3) is 3.46. The highest BCUT2D eigenvalue weighted by atomic mass is 16.5. The summed E-state index contributed by atoms with van der Waals surface area (Å²) in [6, 6.07) is 9.33. The van der Waals surface area contributed by atoms with E-state index in [-0.39, 0.29) is 11.2 Å². The molecule has 0 atom stereocenters. The number of rotatable bonds is 5. The van der Waals surface area contributed by atoms with Gasteiger partial charge in [0, 0.05) is 38.9 Å². The minimum Gasteiger partial charge on any atom is -0.497 e. The van der Waals surface area contributed by atoms with Crippen molar-refractivity contribution < 1.29 is 4.74 Å². The van der Waals surface area contributed by atoms with Crippen molar-refractivity contribution in [3.8, 4) is 5.75 Å². The van der Waals surface area contributed by atoms with Gasteiger partial charge in [0.1, 0.15) is 5.75 Å². The van der Waals surface area contributed by atoms with E-state index in [0.29, 0.717) is 18.8 Å². The van der Waals surface area contributed by atoms with Crippen molar-refractivity contribution in [1.29, 1.82) is 0 Å². The van der Waals surface area contributed by atoms with Gasteiger partial charge in [-0.15, -0.1) is 0 Å². The summed E-state index contributed by atoms with van der Waals surface area (Å²) in [5.74, 6) is 0.812. The third-order valence-electron chi connectivity index (χ3n) is 3.64. The standard InChI is InChI=1S/C16H21N3O3/c1-17(10-12-6-5-7-14(8-12)22-4)11-13-9-15(20)19(3)16(21)18(13)2/h5-9H,10-11H2,1-4H3. The fourth-order valence-electron chi connectivity index (χ4n) is 2.34. The van der Waals surface area contributed by atoms with Crippen LogP contribution < -0.4 is 16.0 Å². The maximum Gasteiger partial charge on any atom is 0.330 e. The van der Waals surface area contributed by atoms with Crippen LogP contribution in [0, 0.1) is 0 Å². The van der Waals surface area contributed by atoms with Crippen LogP contribution in [0.1, 0.15) is 11.3 Å². The van der Waals surface area contributed by atoms with Gasteiger partial charge in [0.05, 0.1) is 7.11 Å². The second-order valence-corrected chi connectivity index (χ2v) is 5.40. The Balaban J connectivity index is 2.17. The molecule has 1 aromatic heterocycles. The summed E-state index contributed by atoms with van der Waals surface area (Å²) in [5, 5.41) is 0. The predicted octanol–water partition coefficient (Wildman–Crippen LogP) is 0.725. The normalized spacial score (nSPS) is 11.0. The summed E-state index contributed by atoms with van der Waals surface area (Å²) in [6.45, 7) is 1.21. The van der Waals surface area contributed by atoms with Crippen LogP contribution in [0.5, 0.6) is 5.75 Å². The average molecular weight is 303 g/mol. The summed E-state index contributed by atoms with van der Waals surface area (Å²) in [7, 11) is 6.74. The first-order chi connectivity index (χ1) is 10.4. The highest BCUT2D eigenvalue weighted by Crippen LogP contribution is 2.14. The van der Waals surface area contributed by atoms with Crippen LogP contribution in [-0.4, -0.2) is 28.2 Å². The fourth-order valence-corrected chi connectivity index (χ4v) is 2.34. The molecule has 6 nitrogen and oxygen atoms in total. The van der Waals surface area contributed by atoms with Crippen LogP contribution >= 0.6 is 0 Å². The van der Waals surface area contributed by atoms with Crippen molar-refractivity contribution >= 4 is 0 Å². The molecule has 22 heavy (non-hydrogen) atoms. The van der Waals surface area contributed by atoms with Gasteiger partial charge in [-0.2, -0.15) is 0 Å². The molecule has 6 heteroatoms. The van der Waals surface area contributed by atoms with Gasteiger partial charge in [-0.05, 0) is 24.7 Å². The largest absolute Gasteiger partial charge is 0.497 e. The molecule has 2 aromatic rings. The van der Waals surface area contributed by atoms with Crippen LogP contribution in [0.15, 0.2) is 39.9 Å². The minimum atomic E-state index is -0.308. The molecule has 0 fully saturated rings. The zero-order valence-electron chi connectivity index (χ0n) is 13.4. The molecule has 0 saturated carbocycles. The molecular weight excluding hydrogens is 282 g/mol. The highest BCUT2D eigenvalue weighted by molar-refractivity contribution is 5.28. The van der Waals surface area contributed by atoms with Crippen LogP contribution in [0.4, 0.5) is 0 Å². The Kier molecular flexibility index (Phi) is 4.82.